The summed E-state index contributed by atoms with van der Waals surface area (Å²) in [6.45, 7) is 4.73. The van der Waals surface area contributed by atoms with E-state index in [1.807, 2.05) is 37.3 Å². The molecule has 1 saturated heterocycles. The van der Waals surface area contributed by atoms with Gasteiger partial charge in [-0.2, -0.15) is 0 Å². The fourth-order valence-corrected chi connectivity index (χ4v) is 3.22. The molecule has 1 aliphatic heterocycles. The Balaban J connectivity index is 1.64. The first kappa shape index (κ1) is 18.8. The van der Waals surface area contributed by atoms with Gasteiger partial charge in [0.15, 0.2) is 5.82 Å². The predicted octanol–water partition coefficient (Wildman–Crippen LogP) is 2.88. The zero-order valence-electron chi connectivity index (χ0n) is 16.2. The molecule has 0 unspecified atom stereocenters. The number of carbonyl (C=O) groups excluding carboxylic acids is 1. The van der Waals surface area contributed by atoms with Crippen LogP contribution in [0.3, 0.4) is 0 Å². The maximum absolute atomic E-state index is 12.0. The lowest BCUT2D eigenvalue weighted by Gasteiger charge is -2.34. The molecule has 0 N–H and O–H groups in total. The first-order chi connectivity index (χ1) is 14.2. The van der Waals surface area contributed by atoms with Gasteiger partial charge in [0.2, 0.25) is 0 Å². The van der Waals surface area contributed by atoms with E-state index in [-0.39, 0.29) is 6.09 Å². The minimum Gasteiger partial charge on any atom is -0.450 e. The van der Waals surface area contributed by atoms with Gasteiger partial charge in [0.25, 0.3) is 0 Å². The number of amides is 1. The number of rotatable bonds is 4. The van der Waals surface area contributed by atoms with Crippen LogP contribution in [-0.2, 0) is 4.74 Å². The van der Waals surface area contributed by atoms with Crippen LogP contribution in [0.4, 0.5) is 10.6 Å². The number of carbonyl (C=O) groups is 1. The van der Waals surface area contributed by atoms with Gasteiger partial charge in [0.05, 0.1) is 12.3 Å². The standard InChI is InChI=1S/C21H22N6O2/c1-2-29-21(28)27-11-9-26(10-12-27)19-13-18(16-5-3-7-22-14-16)24-20(25-19)17-6-4-8-23-15-17/h3-8,13-15H,2,9-12H2,1H3. The third-order valence-corrected chi connectivity index (χ3v) is 4.72. The van der Waals surface area contributed by atoms with Crippen LogP contribution in [0, 0.1) is 0 Å². The van der Waals surface area contributed by atoms with E-state index in [1.54, 1.807) is 29.7 Å². The van der Waals surface area contributed by atoms with Crippen molar-refractivity contribution in [1.29, 1.82) is 0 Å². The van der Waals surface area contributed by atoms with Crippen molar-refractivity contribution in [2.75, 3.05) is 37.7 Å². The van der Waals surface area contributed by atoms with E-state index in [1.165, 1.54) is 0 Å². The Hall–Kier alpha value is -3.55. The molecule has 0 saturated carbocycles. The number of ether oxygens (including phenoxy) is 1. The molecule has 0 aliphatic carbocycles. The monoisotopic (exact) mass is 390 g/mol. The summed E-state index contributed by atoms with van der Waals surface area (Å²) in [6, 6.07) is 9.64. The molecule has 0 bridgehead atoms. The molecule has 1 amide bonds. The van der Waals surface area contributed by atoms with Crippen LogP contribution >= 0.6 is 0 Å². The second kappa shape index (κ2) is 8.64. The molecule has 3 aromatic heterocycles. The van der Waals surface area contributed by atoms with Gasteiger partial charge in [0.1, 0.15) is 5.82 Å². The third kappa shape index (κ3) is 4.31. The van der Waals surface area contributed by atoms with E-state index >= 15 is 0 Å². The Labute approximate surface area is 169 Å². The number of piperazine rings is 1. The SMILES string of the molecule is CCOC(=O)N1CCN(c2cc(-c3cccnc3)nc(-c3cccnc3)n2)CC1. The highest BCUT2D eigenvalue weighted by Gasteiger charge is 2.23. The van der Waals surface area contributed by atoms with Crippen molar-refractivity contribution in [3.8, 4) is 22.6 Å². The molecular weight excluding hydrogens is 368 g/mol. The molecule has 148 valence electrons. The summed E-state index contributed by atoms with van der Waals surface area (Å²) in [5, 5.41) is 0. The molecule has 0 spiro atoms. The van der Waals surface area contributed by atoms with E-state index in [2.05, 4.69) is 14.9 Å². The lowest BCUT2D eigenvalue weighted by Crippen LogP contribution is -2.49. The molecule has 29 heavy (non-hydrogen) atoms. The van der Waals surface area contributed by atoms with Gasteiger partial charge in [0, 0.05) is 68.2 Å². The van der Waals surface area contributed by atoms with Crippen LogP contribution < -0.4 is 4.90 Å². The summed E-state index contributed by atoms with van der Waals surface area (Å²) in [4.78, 5) is 33.8. The maximum Gasteiger partial charge on any atom is 0.409 e. The minimum atomic E-state index is -0.262. The Bertz CT molecular complexity index is 902. The van der Waals surface area contributed by atoms with E-state index in [9.17, 15) is 4.79 Å². The van der Waals surface area contributed by atoms with Crippen molar-refractivity contribution in [3.63, 3.8) is 0 Å². The van der Waals surface area contributed by atoms with Gasteiger partial charge in [-0.1, -0.05) is 0 Å². The van der Waals surface area contributed by atoms with Crippen molar-refractivity contribution in [2.45, 2.75) is 6.92 Å². The van der Waals surface area contributed by atoms with E-state index in [0.717, 1.165) is 22.6 Å². The predicted molar refractivity (Wildman–Crippen MR) is 109 cm³/mol. The van der Waals surface area contributed by atoms with Crippen molar-refractivity contribution < 1.29 is 9.53 Å². The third-order valence-electron chi connectivity index (χ3n) is 4.72. The molecule has 8 heteroatoms. The Morgan fingerprint density at radius 2 is 1.69 bits per heavy atom. The molecule has 4 heterocycles. The van der Waals surface area contributed by atoms with Crippen molar-refractivity contribution >= 4 is 11.9 Å². The van der Waals surface area contributed by atoms with Crippen LogP contribution in [0.5, 0.6) is 0 Å². The Kier molecular flexibility index (Phi) is 5.60. The second-order valence-electron chi connectivity index (χ2n) is 6.59. The molecule has 0 atom stereocenters. The number of hydrogen-bond acceptors (Lipinski definition) is 7. The molecular formula is C21H22N6O2. The highest BCUT2D eigenvalue weighted by molar-refractivity contribution is 5.69. The highest BCUT2D eigenvalue weighted by atomic mass is 16.6. The van der Waals surface area contributed by atoms with Gasteiger partial charge < -0.3 is 14.5 Å². The summed E-state index contributed by atoms with van der Waals surface area (Å²) in [5.74, 6) is 1.43. The summed E-state index contributed by atoms with van der Waals surface area (Å²) < 4.78 is 5.11. The summed E-state index contributed by atoms with van der Waals surface area (Å²) in [7, 11) is 0. The molecule has 1 fully saturated rings. The maximum atomic E-state index is 12.0. The normalized spacial score (nSPS) is 14.0. The number of anilines is 1. The number of hydrogen-bond donors (Lipinski definition) is 0. The highest BCUT2D eigenvalue weighted by Crippen LogP contribution is 2.26. The van der Waals surface area contributed by atoms with E-state index in [4.69, 9.17) is 14.7 Å². The van der Waals surface area contributed by atoms with Crippen molar-refractivity contribution in [2.24, 2.45) is 0 Å². The van der Waals surface area contributed by atoms with Crippen LogP contribution in [0.15, 0.2) is 55.1 Å². The number of pyridine rings is 2. The van der Waals surface area contributed by atoms with Gasteiger partial charge in [-0.05, 0) is 31.2 Å². The van der Waals surface area contributed by atoms with Gasteiger partial charge in [-0.15, -0.1) is 0 Å². The van der Waals surface area contributed by atoms with Crippen LogP contribution in [0.25, 0.3) is 22.6 Å². The topological polar surface area (TPSA) is 84.3 Å². The van der Waals surface area contributed by atoms with Gasteiger partial charge in [-0.3, -0.25) is 9.97 Å². The van der Waals surface area contributed by atoms with Crippen molar-refractivity contribution in [1.82, 2.24) is 24.8 Å². The first-order valence-corrected chi connectivity index (χ1v) is 9.61. The lowest BCUT2D eigenvalue weighted by atomic mass is 10.1. The smallest absolute Gasteiger partial charge is 0.409 e. The molecule has 0 radical (unpaired) electrons. The molecule has 3 aromatic rings. The Morgan fingerprint density at radius 3 is 2.31 bits per heavy atom. The van der Waals surface area contributed by atoms with E-state index in [0.29, 0.717) is 38.6 Å². The molecule has 1 aliphatic rings. The summed E-state index contributed by atoms with van der Waals surface area (Å²) in [6.07, 6.45) is 6.75. The summed E-state index contributed by atoms with van der Waals surface area (Å²) in [5.41, 5.74) is 2.57. The van der Waals surface area contributed by atoms with Crippen LogP contribution in [-0.4, -0.2) is 63.7 Å². The zero-order valence-corrected chi connectivity index (χ0v) is 16.2. The minimum absolute atomic E-state index is 0.262. The quantitative estimate of drug-likeness (QED) is 0.677. The Morgan fingerprint density at radius 1 is 1.00 bits per heavy atom. The molecule has 4 rings (SSSR count). The first-order valence-electron chi connectivity index (χ1n) is 9.61. The average molecular weight is 390 g/mol. The fraction of sp³-hybridized carbons (Fsp3) is 0.286. The fourth-order valence-electron chi connectivity index (χ4n) is 3.22. The van der Waals surface area contributed by atoms with Gasteiger partial charge >= 0.3 is 6.09 Å². The zero-order chi connectivity index (χ0) is 20.1. The lowest BCUT2D eigenvalue weighted by molar-refractivity contribution is 0.105. The van der Waals surface area contributed by atoms with Gasteiger partial charge in [-0.25, -0.2) is 14.8 Å². The molecule has 8 nitrogen and oxygen atoms in total. The number of nitrogens with zero attached hydrogens (tertiary/aromatic N) is 6. The second-order valence-corrected chi connectivity index (χ2v) is 6.59. The summed E-state index contributed by atoms with van der Waals surface area (Å²) >= 11 is 0. The largest absolute Gasteiger partial charge is 0.450 e. The van der Waals surface area contributed by atoms with E-state index < -0.39 is 0 Å². The average Bonchev–Trinajstić information content (AvgIpc) is 2.80. The number of aromatic nitrogens is 4. The van der Waals surface area contributed by atoms with Crippen LogP contribution in [0.1, 0.15) is 6.92 Å². The molecule has 0 aromatic carbocycles. The van der Waals surface area contributed by atoms with Crippen molar-refractivity contribution in [3.05, 3.63) is 55.1 Å². The van der Waals surface area contributed by atoms with Crippen LogP contribution in [0.2, 0.25) is 0 Å².